The van der Waals surface area contributed by atoms with Gasteiger partial charge in [-0.15, -0.1) is 11.8 Å². The van der Waals surface area contributed by atoms with E-state index >= 15 is 0 Å². The molecule has 1 aliphatic heterocycles. The third-order valence-corrected chi connectivity index (χ3v) is 4.74. The van der Waals surface area contributed by atoms with Crippen LogP contribution in [-0.4, -0.2) is 15.7 Å². The number of thioether (sulfide) groups is 1. The van der Waals surface area contributed by atoms with Gasteiger partial charge in [-0.1, -0.05) is 23.7 Å². The van der Waals surface area contributed by atoms with Gasteiger partial charge in [-0.05, 0) is 18.4 Å². The highest BCUT2D eigenvalue weighted by Gasteiger charge is 2.11. The molecule has 0 aliphatic carbocycles. The van der Waals surface area contributed by atoms with Gasteiger partial charge < -0.3 is 0 Å². The van der Waals surface area contributed by atoms with E-state index in [1.165, 1.54) is 23.9 Å². The normalized spacial score (nSPS) is 15.9. The third-order valence-electron chi connectivity index (χ3n) is 1.68. The fourth-order valence-electron chi connectivity index (χ4n) is 0.967. The third kappa shape index (κ3) is 2.93. The molecule has 78 valence electrons. The summed E-state index contributed by atoms with van der Waals surface area (Å²) < 4.78 is 9.69. The molecule has 0 spiro atoms. The summed E-state index contributed by atoms with van der Waals surface area (Å²) in [5.74, 6) is 0. The van der Waals surface area contributed by atoms with E-state index < -0.39 is 0 Å². The highest BCUT2D eigenvalue weighted by atomic mass is 35.5. The summed E-state index contributed by atoms with van der Waals surface area (Å²) in [5, 5.41) is 1.66. The van der Waals surface area contributed by atoms with Crippen LogP contribution in [0.2, 0.25) is 5.02 Å². The minimum atomic E-state index is 0.737. The maximum Gasteiger partial charge on any atom is 0.160 e. The molecular formula is C9H7ClN2S3. The minimum Gasteiger partial charge on any atom is -0.200 e. The van der Waals surface area contributed by atoms with E-state index in [0.29, 0.717) is 0 Å². The highest BCUT2D eigenvalue weighted by Crippen LogP contribution is 2.29. The summed E-state index contributed by atoms with van der Waals surface area (Å²) in [5.41, 5.74) is 1.06. The molecule has 6 heteroatoms. The van der Waals surface area contributed by atoms with Gasteiger partial charge in [0, 0.05) is 34.5 Å². The molecule has 0 atom stereocenters. The maximum absolute atomic E-state index is 5.81. The Bertz CT molecular complexity index is 414. The molecule has 2 rings (SSSR count). The molecule has 0 unspecified atom stereocenters. The molecule has 0 saturated heterocycles. The van der Waals surface area contributed by atoms with Crippen LogP contribution in [-0.2, 0) is 0 Å². The Labute approximate surface area is 106 Å². The Kier molecular flexibility index (Phi) is 4.02. The van der Waals surface area contributed by atoms with Gasteiger partial charge in [0.25, 0.3) is 0 Å². The van der Waals surface area contributed by atoms with Crippen molar-refractivity contribution in [3.8, 4) is 0 Å². The van der Waals surface area contributed by atoms with Crippen molar-refractivity contribution in [1.29, 1.82) is 0 Å². The lowest BCUT2D eigenvalue weighted by molar-refractivity contribution is 1.66. The second-order valence-corrected chi connectivity index (χ2v) is 5.64. The lowest BCUT2D eigenvalue weighted by Gasteiger charge is -2.08. The Balaban J connectivity index is 2.14. The van der Waals surface area contributed by atoms with Crippen molar-refractivity contribution >= 4 is 56.7 Å². The van der Waals surface area contributed by atoms with Crippen molar-refractivity contribution in [1.82, 2.24) is 0 Å². The average Bonchev–Trinajstić information content (AvgIpc) is 2.30. The van der Waals surface area contributed by atoms with Gasteiger partial charge in [-0.3, -0.25) is 0 Å². The number of rotatable bonds is 1. The monoisotopic (exact) mass is 274 g/mol. The quantitative estimate of drug-likeness (QED) is 0.720. The highest BCUT2D eigenvalue weighted by molar-refractivity contribution is 8.39. The van der Waals surface area contributed by atoms with Gasteiger partial charge in [0.05, 0.1) is 0 Å². The van der Waals surface area contributed by atoms with Crippen molar-refractivity contribution in [2.24, 2.45) is 8.80 Å². The molecule has 0 N–H and O–H groups in total. The maximum atomic E-state index is 5.81. The SMILES string of the molecule is CSC1=NSC(c2ccc(Cl)cc2)=NS1. The molecule has 1 aromatic carbocycles. The molecule has 0 amide bonds. The molecule has 0 radical (unpaired) electrons. The fourth-order valence-corrected chi connectivity index (χ4v) is 3.07. The van der Waals surface area contributed by atoms with Crippen molar-refractivity contribution in [2.45, 2.75) is 0 Å². The summed E-state index contributed by atoms with van der Waals surface area (Å²) in [4.78, 5) is 0. The summed E-state index contributed by atoms with van der Waals surface area (Å²) in [7, 11) is 0. The van der Waals surface area contributed by atoms with Crippen molar-refractivity contribution in [2.75, 3.05) is 6.26 Å². The van der Waals surface area contributed by atoms with Crippen LogP contribution in [0.3, 0.4) is 0 Å². The van der Waals surface area contributed by atoms with E-state index in [-0.39, 0.29) is 0 Å². The first kappa shape index (κ1) is 11.4. The van der Waals surface area contributed by atoms with Crippen molar-refractivity contribution in [3.05, 3.63) is 34.9 Å². The van der Waals surface area contributed by atoms with Crippen LogP contribution < -0.4 is 0 Å². The van der Waals surface area contributed by atoms with Gasteiger partial charge >= 0.3 is 0 Å². The first-order chi connectivity index (χ1) is 7.29. The first-order valence-corrected chi connectivity index (χ1v) is 7.24. The van der Waals surface area contributed by atoms with Gasteiger partial charge in [-0.2, -0.15) is 8.80 Å². The molecule has 1 heterocycles. The zero-order valence-corrected chi connectivity index (χ0v) is 11.0. The van der Waals surface area contributed by atoms with Gasteiger partial charge in [-0.25, -0.2) is 0 Å². The average molecular weight is 275 g/mol. The topological polar surface area (TPSA) is 24.7 Å². The summed E-state index contributed by atoms with van der Waals surface area (Å²) in [6.07, 6.45) is 2.00. The largest absolute Gasteiger partial charge is 0.200 e. The number of halogens is 1. The molecule has 0 saturated carbocycles. The molecule has 1 aliphatic rings. The molecule has 15 heavy (non-hydrogen) atoms. The predicted molar refractivity (Wildman–Crippen MR) is 74.1 cm³/mol. The van der Waals surface area contributed by atoms with Crippen LogP contribution in [0, 0.1) is 0 Å². The van der Waals surface area contributed by atoms with Gasteiger partial charge in [0.1, 0.15) is 5.04 Å². The van der Waals surface area contributed by atoms with E-state index in [1.54, 1.807) is 11.8 Å². The van der Waals surface area contributed by atoms with E-state index in [4.69, 9.17) is 11.6 Å². The van der Waals surface area contributed by atoms with E-state index in [0.717, 1.165) is 20.0 Å². The lowest BCUT2D eigenvalue weighted by atomic mass is 10.2. The molecule has 0 fully saturated rings. The van der Waals surface area contributed by atoms with Crippen LogP contribution in [0.15, 0.2) is 33.1 Å². The van der Waals surface area contributed by atoms with E-state index in [9.17, 15) is 0 Å². The Hall–Kier alpha value is -0.100. The van der Waals surface area contributed by atoms with Crippen LogP contribution in [0.25, 0.3) is 0 Å². The number of hydrogen-bond donors (Lipinski definition) is 0. The van der Waals surface area contributed by atoms with Crippen LogP contribution in [0.5, 0.6) is 0 Å². The predicted octanol–water partition coefficient (Wildman–Crippen LogP) is 4.12. The first-order valence-electron chi connectivity index (χ1n) is 4.09. The van der Waals surface area contributed by atoms with Crippen molar-refractivity contribution < 1.29 is 0 Å². The Morgan fingerprint density at radius 1 is 1.13 bits per heavy atom. The second-order valence-electron chi connectivity index (χ2n) is 2.65. The summed E-state index contributed by atoms with van der Waals surface area (Å²) in [6.45, 7) is 0. The zero-order chi connectivity index (χ0) is 10.7. The van der Waals surface area contributed by atoms with Crippen LogP contribution in [0.4, 0.5) is 0 Å². The molecular weight excluding hydrogens is 268 g/mol. The van der Waals surface area contributed by atoms with Gasteiger partial charge in [0.15, 0.2) is 4.38 Å². The summed E-state index contributed by atoms with van der Waals surface area (Å²) in [6, 6.07) is 7.62. The number of nitrogens with zero attached hydrogens (tertiary/aromatic N) is 2. The van der Waals surface area contributed by atoms with Crippen LogP contribution in [0.1, 0.15) is 5.56 Å². The van der Waals surface area contributed by atoms with E-state index in [2.05, 4.69) is 8.80 Å². The van der Waals surface area contributed by atoms with Crippen LogP contribution >= 0.6 is 47.3 Å². The molecule has 0 aromatic heterocycles. The molecule has 0 bridgehead atoms. The standard InChI is InChI=1S/C9H7ClN2S3/c1-13-9-12-14-8(11-15-9)6-2-4-7(10)5-3-6/h2-5H,1H3. The molecule has 1 aromatic rings. The van der Waals surface area contributed by atoms with Gasteiger partial charge in [0.2, 0.25) is 0 Å². The summed E-state index contributed by atoms with van der Waals surface area (Å²) >= 11 is 10.2. The molecule has 2 nitrogen and oxygen atoms in total. The zero-order valence-electron chi connectivity index (χ0n) is 7.81. The Morgan fingerprint density at radius 3 is 2.40 bits per heavy atom. The fraction of sp³-hybridized carbons (Fsp3) is 0.111. The smallest absolute Gasteiger partial charge is 0.160 e. The number of benzene rings is 1. The van der Waals surface area contributed by atoms with Crippen molar-refractivity contribution in [3.63, 3.8) is 0 Å². The van der Waals surface area contributed by atoms with E-state index in [1.807, 2.05) is 30.5 Å². The lowest BCUT2D eigenvalue weighted by Crippen LogP contribution is -1.98. The number of hydrogen-bond acceptors (Lipinski definition) is 5. The second kappa shape index (κ2) is 5.30. The Morgan fingerprint density at radius 2 is 1.87 bits per heavy atom. The minimum absolute atomic E-state index is 0.737.